The summed E-state index contributed by atoms with van der Waals surface area (Å²) in [5.74, 6) is 0.304. The topological polar surface area (TPSA) is 26.3 Å². The highest BCUT2D eigenvalue weighted by Crippen LogP contribution is 2.46. The Balaban J connectivity index is 2.30. The molecule has 2 nitrogen and oxygen atoms in total. The van der Waals surface area contributed by atoms with E-state index in [2.05, 4.69) is 63.3 Å². The van der Waals surface area contributed by atoms with E-state index in [0.717, 1.165) is 41.2 Å². The van der Waals surface area contributed by atoms with E-state index in [4.69, 9.17) is 4.74 Å². The Hall–Kier alpha value is -0.580. The minimum Gasteiger partial charge on any atom is -0.455 e. The monoisotopic (exact) mass is 428 g/mol. The van der Waals surface area contributed by atoms with E-state index in [-0.39, 0.29) is 17.0 Å². The average Bonchev–Trinajstić information content (AvgIpc) is 2.96. The van der Waals surface area contributed by atoms with Gasteiger partial charge in [-0.2, -0.15) is 0 Å². The third-order valence-corrected chi connectivity index (χ3v) is 6.40. The quantitative estimate of drug-likeness (QED) is 0.414. The fourth-order valence-electron chi connectivity index (χ4n) is 3.43. The Morgan fingerprint density at radius 3 is 2.43 bits per heavy atom. The number of benzene rings is 1. The van der Waals surface area contributed by atoms with Crippen LogP contribution >= 0.6 is 22.6 Å². The second-order valence-corrected chi connectivity index (χ2v) is 9.05. The molecule has 1 fully saturated rings. The lowest BCUT2D eigenvalue weighted by molar-refractivity contribution is -0.0749. The van der Waals surface area contributed by atoms with Crippen LogP contribution in [-0.4, -0.2) is 11.6 Å². The van der Waals surface area contributed by atoms with E-state index >= 15 is 0 Å². The second kappa shape index (κ2) is 7.12. The van der Waals surface area contributed by atoms with Crippen molar-refractivity contribution < 1.29 is 9.53 Å². The number of ether oxygens (including phenoxy) is 1. The summed E-state index contributed by atoms with van der Waals surface area (Å²) in [4.78, 5) is 12.9. The Morgan fingerprint density at radius 2 is 1.91 bits per heavy atom. The molecule has 0 aromatic heterocycles. The molecule has 1 aliphatic rings. The summed E-state index contributed by atoms with van der Waals surface area (Å²) in [6.45, 7) is 10.9. The highest BCUT2D eigenvalue weighted by molar-refractivity contribution is 14.1. The van der Waals surface area contributed by atoms with Crippen molar-refractivity contribution in [2.75, 3.05) is 0 Å². The van der Waals surface area contributed by atoms with Crippen LogP contribution in [0.15, 0.2) is 18.2 Å². The van der Waals surface area contributed by atoms with Crippen molar-refractivity contribution in [3.63, 3.8) is 0 Å². The molecule has 1 aromatic rings. The summed E-state index contributed by atoms with van der Waals surface area (Å²) in [5, 5.41) is 0. The molecule has 23 heavy (non-hydrogen) atoms. The van der Waals surface area contributed by atoms with Crippen molar-refractivity contribution in [3.8, 4) is 0 Å². The predicted octanol–water partition coefficient (Wildman–Crippen LogP) is 6.32. The van der Waals surface area contributed by atoms with Gasteiger partial charge in [0.15, 0.2) is 0 Å². The summed E-state index contributed by atoms with van der Waals surface area (Å²) < 4.78 is 7.13. The van der Waals surface area contributed by atoms with Gasteiger partial charge in [-0.15, -0.1) is 0 Å². The molecule has 0 bridgehead atoms. The minimum atomic E-state index is -0.320. The standard InChI is InChI=1S/C20H29IO2/c1-6-14(2)15-9-10-17(21)16(13-15)18(22)23-20(19(3,4)5)11-7-8-12-20/h9-10,13-14H,6-8,11-12H2,1-5H3. The molecule has 0 amide bonds. The zero-order valence-electron chi connectivity index (χ0n) is 15.0. The van der Waals surface area contributed by atoms with Crippen LogP contribution in [0.5, 0.6) is 0 Å². The third-order valence-electron chi connectivity index (χ3n) is 5.46. The van der Waals surface area contributed by atoms with Crippen LogP contribution in [0.2, 0.25) is 0 Å². The molecule has 1 unspecified atom stereocenters. The maximum absolute atomic E-state index is 12.9. The van der Waals surface area contributed by atoms with Crippen molar-refractivity contribution in [1.29, 1.82) is 0 Å². The van der Waals surface area contributed by atoms with E-state index in [1.165, 1.54) is 5.56 Å². The van der Waals surface area contributed by atoms with Crippen LogP contribution in [0, 0.1) is 8.99 Å². The summed E-state index contributed by atoms with van der Waals surface area (Å²) in [6.07, 6.45) is 5.32. The number of hydrogen-bond acceptors (Lipinski definition) is 2. The largest absolute Gasteiger partial charge is 0.455 e. The lowest BCUT2D eigenvalue weighted by Crippen LogP contribution is -2.44. The van der Waals surface area contributed by atoms with Gasteiger partial charge >= 0.3 is 5.97 Å². The van der Waals surface area contributed by atoms with E-state index in [0.29, 0.717) is 5.92 Å². The van der Waals surface area contributed by atoms with Crippen LogP contribution < -0.4 is 0 Å². The molecule has 2 rings (SSSR count). The molecule has 3 heteroatoms. The smallest absolute Gasteiger partial charge is 0.339 e. The third kappa shape index (κ3) is 3.92. The van der Waals surface area contributed by atoms with Gasteiger partial charge in [0.25, 0.3) is 0 Å². The maximum Gasteiger partial charge on any atom is 0.339 e. The number of halogens is 1. The van der Waals surface area contributed by atoms with Gasteiger partial charge in [-0.05, 0) is 78.3 Å². The second-order valence-electron chi connectivity index (χ2n) is 7.89. The van der Waals surface area contributed by atoms with Gasteiger partial charge in [0.1, 0.15) is 5.60 Å². The molecule has 1 saturated carbocycles. The van der Waals surface area contributed by atoms with Gasteiger partial charge < -0.3 is 4.74 Å². The molecular weight excluding hydrogens is 399 g/mol. The molecule has 0 heterocycles. The highest BCUT2D eigenvalue weighted by atomic mass is 127. The zero-order valence-corrected chi connectivity index (χ0v) is 17.2. The molecule has 1 aliphatic carbocycles. The number of hydrogen-bond donors (Lipinski definition) is 0. The summed E-state index contributed by atoms with van der Waals surface area (Å²) in [6, 6.07) is 6.20. The molecule has 0 radical (unpaired) electrons. The SMILES string of the molecule is CCC(C)c1ccc(I)c(C(=O)OC2(C(C)(C)C)CCCC2)c1. The number of esters is 1. The summed E-state index contributed by atoms with van der Waals surface area (Å²) in [7, 11) is 0. The number of carbonyl (C=O) groups is 1. The van der Waals surface area contributed by atoms with Crippen molar-refractivity contribution in [1.82, 2.24) is 0 Å². The molecule has 0 N–H and O–H groups in total. The molecule has 0 saturated heterocycles. The average molecular weight is 428 g/mol. The number of rotatable bonds is 4. The molecule has 1 aromatic carbocycles. The van der Waals surface area contributed by atoms with Gasteiger partial charge in [-0.25, -0.2) is 4.79 Å². The highest BCUT2D eigenvalue weighted by Gasteiger charge is 2.47. The fraction of sp³-hybridized carbons (Fsp3) is 0.650. The van der Waals surface area contributed by atoms with Gasteiger partial charge in [0.05, 0.1) is 5.56 Å². The maximum atomic E-state index is 12.9. The van der Waals surface area contributed by atoms with E-state index in [1.54, 1.807) is 0 Å². The van der Waals surface area contributed by atoms with Gasteiger partial charge in [-0.1, -0.05) is 40.7 Å². The Morgan fingerprint density at radius 1 is 1.30 bits per heavy atom. The Bertz CT molecular complexity index is 565. The van der Waals surface area contributed by atoms with Crippen LogP contribution in [0.1, 0.15) is 88.6 Å². The fourth-order valence-corrected chi connectivity index (χ4v) is 3.98. The van der Waals surface area contributed by atoms with Crippen LogP contribution in [0.3, 0.4) is 0 Å². The first kappa shape index (κ1) is 18.8. The first-order valence-corrected chi connectivity index (χ1v) is 9.81. The number of carbonyl (C=O) groups excluding carboxylic acids is 1. The van der Waals surface area contributed by atoms with Crippen LogP contribution in [0.25, 0.3) is 0 Å². The molecule has 0 aliphatic heterocycles. The minimum absolute atomic E-state index is 0.0289. The molecule has 1 atom stereocenters. The normalized spacial score (nSPS) is 18.7. The molecule has 0 spiro atoms. The van der Waals surface area contributed by atoms with E-state index in [1.807, 2.05) is 12.1 Å². The van der Waals surface area contributed by atoms with Gasteiger partial charge in [0.2, 0.25) is 0 Å². The molecule has 128 valence electrons. The summed E-state index contributed by atoms with van der Waals surface area (Å²) >= 11 is 2.24. The Kier molecular flexibility index (Phi) is 5.81. The van der Waals surface area contributed by atoms with Gasteiger partial charge in [0, 0.05) is 8.99 Å². The molecular formula is C20H29IO2. The van der Waals surface area contributed by atoms with Crippen LogP contribution in [0.4, 0.5) is 0 Å². The predicted molar refractivity (Wildman–Crippen MR) is 104 cm³/mol. The Labute approximate surface area is 154 Å². The zero-order chi connectivity index (χ0) is 17.3. The van der Waals surface area contributed by atoms with Crippen LogP contribution in [-0.2, 0) is 4.74 Å². The van der Waals surface area contributed by atoms with Crippen molar-refractivity contribution in [2.24, 2.45) is 5.41 Å². The van der Waals surface area contributed by atoms with Crippen molar-refractivity contribution in [2.45, 2.75) is 78.2 Å². The lowest BCUT2D eigenvalue weighted by Gasteiger charge is -2.41. The van der Waals surface area contributed by atoms with E-state index < -0.39 is 0 Å². The first-order valence-electron chi connectivity index (χ1n) is 8.73. The first-order chi connectivity index (χ1) is 10.7. The van der Waals surface area contributed by atoms with Crippen molar-refractivity contribution in [3.05, 3.63) is 32.9 Å². The lowest BCUT2D eigenvalue weighted by atomic mass is 9.75. The van der Waals surface area contributed by atoms with Crippen molar-refractivity contribution >= 4 is 28.6 Å². The van der Waals surface area contributed by atoms with E-state index in [9.17, 15) is 4.79 Å². The summed E-state index contributed by atoms with van der Waals surface area (Å²) in [5.41, 5.74) is 1.59. The van der Waals surface area contributed by atoms with Gasteiger partial charge in [-0.3, -0.25) is 0 Å².